The van der Waals surface area contributed by atoms with Gasteiger partial charge in [-0.15, -0.1) is 0 Å². The van der Waals surface area contributed by atoms with Crippen molar-refractivity contribution in [1.82, 2.24) is 0 Å². The third-order valence-corrected chi connectivity index (χ3v) is 2.85. The minimum Gasteiger partial charge on any atom is -0.486 e. The Morgan fingerprint density at radius 3 is 2.33 bits per heavy atom. The number of carbonyl (C=O) groups excluding carboxylic acids is 2. The van der Waals surface area contributed by atoms with Gasteiger partial charge in [-0.2, -0.15) is 0 Å². The third kappa shape index (κ3) is 2.21. The largest absolute Gasteiger partial charge is 0.486 e. The summed E-state index contributed by atoms with van der Waals surface area (Å²) >= 11 is 0. The van der Waals surface area contributed by atoms with Gasteiger partial charge in [0.15, 0.2) is 11.5 Å². The van der Waals surface area contributed by atoms with E-state index in [-0.39, 0.29) is 29.3 Å². The van der Waals surface area contributed by atoms with Crippen LogP contribution in [0.15, 0.2) is 47.3 Å². The highest BCUT2D eigenvalue weighted by molar-refractivity contribution is 6.22. The summed E-state index contributed by atoms with van der Waals surface area (Å²) in [6, 6.07) is 0. The van der Waals surface area contributed by atoms with Gasteiger partial charge in [0, 0.05) is 11.5 Å². The molecule has 0 bridgehead atoms. The van der Waals surface area contributed by atoms with Gasteiger partial charge in [-0.25, -0.2) is 0 Å². The first-order valence-electron chi connectivity index (χ1n) is 6.04. The molecule has 0 aromatic carbocycles. The maximum Gasteiger partial charge on any atom is 0.221 e. The van der Waals surface area contributed by atoms with E-state index in [0.29, 0.717) is 11.1 Å². The molecule has 0 N–H and O–H groups in total. The lowest BCUT2D eigenvalue weighted by molar-refractivity contribution is -0.119. The van der Waals surface area contributed by atoms with Crippen molar-refractivity contribution in [2.75, 3.05) is 0 Å². The van der Waals surface area contributed by atoms with Gasteiger partial charge in [-0.05, 0) is 26.8 Å². The molecule has 0 saturated carbocycles. The zero-order valence-corrected chi connectivity index (χ0v) is 10.8. The molecule has 0 fully saturated rings. The zero-order valence-electron chi connectivity index (χ0n) is 10.8. The fourth-order valence-corrected chi connectivity index (χ4v) is 2.06. The van der Waals surface area contributed by atoms with Crippen LogP contribution in [-0.4, -0.2) is 17.7 Å². The number of ketones is 2. The Hall–Kier alpha value is -1.90. The van der Waals surface area contributed by atoms with Crippen molar-refractivity contribution in [3.05, 3.63) is 47.3 Å². The second kappa shape index (κ2) is 4.77. The molecule has 0 radical (unpaired) electrons. The third-order valence-electron chi connectivity index (χ3n) is 2.85. The van der Waals surface area contributed by atoms with E-state index in [2.05, 4.69) is 0 Å². The first kappa shape index (κ1) is 12.6. The average Bonchev–Trinajstić information content (AvgIpc) is 2.79. The lowest BCUT2D eigenvalue weighted by Gasteiger charge is -2.22. The average molecular weight is 244 g/mol. The number of Topliss-reactive ketones (excluding diaryl/α,β-unsaturated/α-hetero) is 1. The molecule has 0 unspecified atom stereocenters. The number of rotatable bonds is 3. The van der Waals surface area contributed by atoms with Crippen LogP contribution < -0.4 is 0 Å². The van der Waals surface area contributed by atoms with Gasteiger partial charge in [0.2, 0.25) is 5.78 Å². The van der Waals surface area contributed by atoms with E-state index in [1.54, 1.807) is 6.92 Å². The van der Waals surface area contributed by atoms with Crippen LogP contribution in [0.1, 0.15) is 20.8 Å². The lowest BCUT2D eigenvalue weighted by atomic mass is 9.87. The van der Waals surface area contributed by atoms with Gasteiger partial charge in [0.25, 0.3) is 0 Å². The van der Waals surface area contributed by atoms with Gasteiger partial charge >= 0.3 is 0 Å². The number of hydrogen-bond acceptors (Lipinski definition) is 3. The summed E-state index contributed by atoms with van der Waals surface area (Å²) < 4.78 is 5.54. The molecule has 3 heteroatoms. The van der Waals surface area contributed by atoms with Crippen molar-refractivity contribution in [2.45, 2.75) is 26.9 Å². The van der Waals surface area contributed by atoms with E-state index in [9.17, 15) is 9.59 Å². The number of carbonyl (C=O) groups is 2. The van der Waals surface area contributed by atoms with Crippen LogP contribution in [0.25, 0.3) is 0 Å². The van der Waals surface area contributed by atoms with Gasteiger partial charge in [-0.3, -0.25) is 9.59 Å². The standard InChI is InChI=1S/C15H16O3/c1-9(2)18-15-12(16)8-10(3)14(17)13(15)11-6-4-5-7-11/h4-9,11H,1-3H3. The summed E-state index contributed by atoms with van der Waals surface area (Å²) in [7, 11) is 0. The molecule has 0 spiro atoms. The summed E-state index contributed by atoms with van der Waals surface area (Å²) in [5.41, 5.74) is 0.929. The second-order valence-corrected chi connectivity index (χ2v) is 4.73. The Morgan fingerprint density at radius 2 is 1.78 bits per heavy atom. The van der Waals surface area contributed by atoms with E-state index in [0.717, 1.165) is 0 Å². The Kier molecular flexibility index (Phi) is 3.32. The lowest BCUT2D eigenvalue weighted by Crippen LogP contribution is -2.24. The number of hydrogen-bond donors (Lipinski definition) is 0. The van der Waals surface area contributed by atoms with Crippen LogP contribution in [0, 0.1) is 5.92 Å². The highest BCUT2D eigenvalue weighted by Gasteiger charge is 2.32. The molecule has 0 aromatic heterocycles. The molecule has 0 aromatic rings. The fraction of sp³-hybridized carbons (Fsp3) is 0.333. The molecule has 18 heavy (non-hydrogen) atoms. The summed E-state index contributed by atoms with van der Waals surface area (Å²) in [6.45, 7) is 5.34. The molecule has 0 atom stereocenters. The van der Waals surface area contributed by atoms with Gasteiger partial charge in [-0.1, -0.05) is 24.3 Å². The Balaban J connectivity index is 2.48. The van der Waals surface area contributed by atoms with E-state index in [1.807, 2.05) is 38.2 Å². The molecule has 0 saturated heterocycles. The van der Waals surface area contributed by atoms with Crippen LogP contribution in [-0.2, 0) is 14.3 Å². The number of allylic oxidation sites excluding steroid dienone is 7. The van der Waals surface area contributed by atoms with E-state index in [4.69, 9.17) is 4.74 Å². The predicted octanol–water partition coefficient (Wildman–Crippen LogP) is 2.51. The summed E-state index contributed by atoms with van der Waals surface area (Å²) in [4.78, 5) is 24.2. The van der Waals surface area contributed by atoms with E-state index in [1.165, 1.54) is 6.08 Å². The quantitative estimate of drug-likeness (QED) is 0.716. The van der Waals surface area contributed by atoms with Crippen LogP contribution in [0.2, 0.25) is 0 Å². The van der Waals surface area contributed by atoms with Crippen molar-refractivity contribution in [1.29, 1.82) is 0 Å². The monoisotopic (exact) mass is 244 g/mol. The molecule has 2 rings (SSSR count). The van der Waals surface area contributed by atoms with Crippen molar-refractivity contribution in [2.24, 2.45) is 5.92 Å². The normalized spacial score (nSPS) is 20.1. The minimum absolute atomic E-state index is 0.105. The summed E-state index contributed by atoms with van der Waals surface area (Å²) in [5.74, 6) is -0.281. The zero-order chi connectivity index (χ0) is 13.3. The predicted molar refractivity (Wildman–Crippen MR) is 68.8 cm³/mol. The van der Waals surface area contributed by atoms with Gasteiger partial charge in [0.1, 0.15) is 0 Å². The smallest absolute Gasteiger partial charge is 0.221 e. The van der Waals surface area contributed by atoms with Crippen molar-refractivity contribution in [3.8, 4) is 0 Å². The molecule has 2 aliphatic carbocycles. The second-order valence-electron chi connectivity index (χ2n) is 4.73. The van der Waals surface area contributed by atoms with Crippen molar-refractivity contribution >= 4 is 11.6 Å². The number of ether oxygens (including phenoxy) is 1. The van der Waals surface area contributed by atoms with Gasteiger partial charge in [0.05, 0.1) is 11.7 Å². The molecule has 3 nitrogen and oxygen atoms in total. The van der Waals surface area contributed by atoms with E-state index >= 15 is 0 Å². The Morgan fingerprint density at radius 1 is 1.17 bits per heavy atom. The first-order chi connectivity index (χ1) is 8.50. The molecule has 2 aliphatic rings. The van der Waals surface area contributed by atoms with Crippen LogP contribution in [0.3, 0.4) is 0 Å². The maximum absolute atomic E-state index is 12.2. The van der Waals surface area contributed by atoms with Gasteiger partial charge < -0.3 is 4.74 Å². The minimum atomic E-state index is -0.218. The van der Waals surface area contributed by atoms with Crippen molar-refractivity contribution in [3.63, 3.8) is 0 Å². The molecular formula is C15H16O3. The highest BCUT2D eigenvalue weighted by atomic mass is 16.5. The van der Waals surface area contributed by atoms with Crippen molar-refractivity contribution < 1.29 is 14.3 Å². The molecule has 0 aliphatic heterocycles. The SMILES string of the molecule is CC1=CC(=O)C(OC(C)C)=C(C2C=CC=C2)C1=O. The van der Waals surface area contributed by atoms with E-state index < -0.39 is 0 Å². The van der Waals surface area contributed by atoms with Crippen LogP contribution in [0.5, 0.6) is 0 Å². The Bertz CT molecular complexity index is 504. The van der Waals surface area contributed by atoms with Crippen LogP contribution in [0.4, 0.5) is 0 Å². The molecule has 0 amide bonds. The molecule has 0 heterocycles. The topological polar surface area (TPSA) is 43.4 Å². The fourth-order valence-electron chi connectivity index (χ4n) is 2.06. The summed E-state index contributed by atoms with van der Waals surface area (Å²) in [5, 5.41) is 0. The summed E-state index contributed by atoms with van der Waals surface area (Å²) in [6.07, 6.45) is 8.75. The Labute approximate surface area is 107 Å². The molecule has 94 valence electrons. The maximum atomic E-state index is 12.2. The van der Waals surface area contributed by atoms with Crippen LogP contribution >= 0.6 is 0 Å². The first-order valence-corrected chi connectivity index (χ1v) is 6.04. The molecular weight excluding hydrogens is 228 g/mol. The highest BCUT2D eigenvalue weighted by Crippen LogP contribution is 2.30.